The largest absolute Gasteiger partial charge is 0.464 e. The van der Waals surface area contributed by atoms with E-state index in [2.05, 4.69) is 41.7 Å². The SMILES string of the molecule is CC(CCCCNC(=O)CCC(=O)OCCNC(=O)CCCCN(CCCC(=O)C(N)CCCN)CCNC(=O)C(N)CCCN)NC(=O)CCC(=O)OCCNC(=O)CCCCN(CCCC(=O)C(N)CCCN)CCNC(=O)C(N)CCCN. The lowest BCUT2D eigenvalue weighted by atomic mass is 10.0. The van der Waals surface area contributed by atoms with E-state index in [0.717, 1.165) is 0 Å². The third kappa shape index (κ3) is 46.9. The number of nitrogens with two attached hydrogens (primary N) is 8. The molecule has 86 heavy (non-hydrogen) atoms. The summed E-state index contributed by atoms with van der Waals surface area (Å²) in [5.41, 5.74) is 46.1. The zero-order valence-electron chi connectivity index (χ0n) is 52.0. The maximum atomic E-state index is 12.5. The standard InChI is InChI=1S/C58H114N16O12/c1-44(72-54(80)24-26-56(82)86-43-35-69-52(78)22-4-7-37-74(39-13-20-50(76)46(64)16-9-28-60)41-33-71-58(84)48(66)18-11-30-62)14-2-5-31-67-53(79)23-25-55(81)85-42-34-68-51(77)21-3-6-36-73(38-12-19-49(75)45(63)15-8-27-59)40-32-70-57(83)47(65)17-10-29-61/h44-48H,2-43,59-66H2,1H3,(H,67,79)(H,68,77)(H,69,78)(H,70,83)(H,71,84)(H,72,80). The van der Waals surface area contributed by atoms with Crippen LogP contribution in [-0.4, -0.2) is 210 Å². The third-order valence-electron chi connectivity index (χ3n) is 14.2. The molecule has 0 rings (SSSR count). The number of hydrogen-bond acceptors (Lipinski definition) is 22. The first-order valence-electron chi connectivity index (χ1n) is 31.5. The van der Waals surface area contributed by atoms with Crippen LogP contribution < -0.4 is 77.8 Å². The van der Waals surface area contributed by atoms with Gasteiger partial charge in [0.15, 0.2) is 0 Å². The molecule has 0 aliphatic rings. The van der Waals surface area contributed by atoms with Crippen molar-refractivity contribution >= 4 is 58.9 Å². The van der Waals surface area contributed by atoms with Crippen LogP contribution in [0.15, 0.2) is 0 Å². The van der Waals surface area contributed by atoms with Crippen molar-refractivity contribution in [2.75, 3.05) is 111 Å². The van der Waals surface area contributed by atoms with Gasteiger partial charge < -0.3 is 97.0 Å². The topological polar surface area (TPSA) is 476 Å². The Labute approximate surface area is 511 Å². The van der Waals surface area contributed by atoms with Gasteiger partial charge in [0.2, 0.25) is 35.4 Å². The molecule has 498 valence electrons. The fraction of sp³-hybridized carbons (Fsp3) is 0.828. The smallest absolute Gasteiger partial charge is 0.306 e. The molecule has 0 saturated heterocycles. The molecule has 0 aliphatic heterocycles. The summed E-state index contributed by atoms with van der Waals surface area (Å²) in [6.07, 6.45) is 11.4. The predicted molar refractivity (Wildman–Crippen MR) is 331 cm³/mol. The van der Waals surface area contributed by atoms with Gasteiger partial charge in [-0.05, 0) is 168 Å². The average molecular weight is 1230 g/mol. The van der Waals surface area contributed by atoms with Crippen LogP contribution in [0.4, 0.5) is 0 Å². The van der Waals surface area contributed by atoms with Gasteiger partial charge in [-0.15, -0.1) is 0 Å². The number of rotatable bonds is 58. The molecule has 0 heterocycles. The molecule has 0 aromatic heterocycles. The van der Waals surface area contributed by atoms with Gasteiger partial charge >= 0.3 is 11.9 Å². The van der Waals surface area contributed by atoms with E-state index < -0.39 is 36.1 Å². The van der Waals surface area contributed by atoms with Crippen molar-refractivity contribution in [2.24, 2.45) is 45.9 Å². The number of nitrogens with zero attached hydrogens (tertiary/aromatic N) is 2. The normalized spacial score (nSPS) is 13.0. The minimum Gasteiger partial charge on any atom is -0.464 e. The molecule has 6 amide bonds. The minimum absolute atomic E-state index is 0.00753. The molecule has 0 spiro atoms. The van der Waals surface area contributed by atoms with Crippen molar-refractivity contribution in [3.63, 3.8) is 0 Å². The Bertz CT molecular complexity index is 1840. The first-order valence-corrected chi connectivity index (χ1v) is 31.5. The maximum Gasteiger partial charge on any atom is 0.306 e. The highest BCUT2D eigenvalue weighted by Crippen LogP contribution is 2.08. The highest BCUT2D eigenvalue weighted by Gasteiger charge is 2.19. The summed E-state index contributed by atoms with van der Waals surface area (Å²) < 4.78 is 10.4. The van der Waals surface area contributed by atoms with Crippen molar-refractivity contribution in [2.45, 2.75) is 198 Å². The predicted octanol–water partition coefficient (Wildman–Crippen LogP) is -2.20. The Morgan fingerprint density at radius 2 is 0.721 bits per heavy atom. The van der Waals surface area contributed by atoms with E-state index in [1.807, 2.05) is 6.92 Å². The number of esters is 2. The molecule has 0 aromatic rings. The van der Waals surface area contributed by atoms with E-state index in [1.54, 1.807) is 0 Å². The van der Waals surface area contributed by atoms with Crippen molar-refractivity contribution in [3.8, 4) is 0 Å². The van der Waals surface area contributed by atoms with E-state index in [4.69, 9.17) is 55.3 Å². The molecule has 0 saturated carbocycles. The van der Waals surface area contributed by atoms with E-state index in [0.29, 0.717) is 207 Å². The van der Waals surface area contributed by atoms with Crippen molar-refractivity contribution < 1.29 is 57.4 Å². The Morgan fingerprint density at radius 3 is 1.14 bits per heavy atom. The summed E-state index contributed by atoms with van der Waals surface area (Å²) in [6, 6.07) is -2.50. The van der Waals surface area contributed by atoms with Crippen LogP contribution in [0.2, 0.25) is 0 Å². The Morgan fingerprint density at radius 1 is 0.349 bits per heavy atom. The molecule has 0 radical (unpaired) electrons. The molecule has 28 nitrogen and oxygen atoms in total. The van der Waals surface area contributed by atoms with Crippen LogP contribution in [0.5, 0.6) is 0 Å². The second kappa shape index (κ2) is 53.9. The number of carbonyl (C=O) groups excluding carboxylic acids is 10. The number of Topliss-reactive ketones (excluding diaryl/α,β-unsaturated/α-hetero) is 2. The van der Waals surface area contributed by atoms with Crippen LogP contribution in [0.25, 0.3) is 0 Å². The highest BCUT2D eigenvalue weighted by atomic mass is 16.5. The highest BCUT2D eigenvalue weighted by molar-refractivity contribution is 5.85. The van der Waals surface area contributed by atoms with E-state index >= 15 is 0 Å². The Balaban J connectivity index is 4.30. The second-order valence-electron chi connectivity index (χ2n) is 21.9. The van der Waals surface area contributed by atoms with Crippen LogP contribution in [0.3, 0.4) is 0 Å². The summed E-state index contributed by atoms with van der Waals surface area (Å²) in [5, 5.41) is 16.8. The quantitative estimate of drug-likeness (QED) is 0.0227. The summed E-state index contributed by atoms with van der Waals surface area (Å²) in [4.78, 5) is 128. The summed E-state index contributed by atoms with van der Waals surface area (Å²) >= 11 is 0. The lowest BCUT2D eigenvalue weighted by molar-refractivity contribution is -0.145. The van der Waals surface area contributed by atoms with Crippen LogP contribution >= 0.6 is 0 Å². The fourth-order valence-electron chi connectivity index (χ4n) is 8.88. The lowest BCUT2D eigenvalue weighted by Gasteiger charge is -2.23. The minimum atomic E-state index is -0.632. The third-order valence-corrected chi connectivity index (χ3v) is 14.2. The number of ether oxygens (including phenoxy) is 2. The summed E-state index contributed by atoms with van der Waals surface area (Å²) in [7, 11) is 0. The molecule has 28 heteroatoms. The van der Waals surface area contributed by atoms with Gasteiger partial charge in [0, 0.05) is 77.3 Å². The summed E-state index contributed by atoms with van der Waals surface area (Å²) in [6.45, 7) is 8.62. The number of unbranched alkanes of at least 4 members (excludes halogenated alkanes) is 3. The first kappa shape index (κ1) is 80.7. The van der Waals surface area contributed by atoms with Crippen molar-refractivity contribution in [1.29, 1.82) is 0 Å². The van der Waals surface area contributed by atoms with Gasteiger partial charge in [-0.25, -0.2) is 0 Å². The van der Waals surface area contributed by atoms with Gasteiger partial charge in [-0.3, -0.25) is 47.9 Å². The molecular weight excluding hydrogens is 1110 g/mol. The Kier molecular flexibility index (Phi) is 50.6. The number of hydrogen-bond donors (Lipinski definition) is 14. The Hall–Kier alpha value is -5.30. The van der Waals surface area contributed by atoms with Gasteiger partial charge in [-0.2, -0.15) is 0 Å². The maximum absolute atomic E-state index is 12.5. The van der Waals surface area contributed by atoms with E-state index in [9.17, 15) is 47.9 Å². The van der Waals surface area contributed by atoms with Gasteiger partial charge in [0.1, 0.15) is 24.8 Å². The summed E-state index contributed by atoms with van der Waals surface area (Å²) in [5.74, 6) is -2.63. The number of ketones is 2. The number of carbonyl (C=O) groups is 10. The molecule has 5 unspecified atom stereocenters. The molecule has 0 bridgehead atoms. The van der Waals surface area contributed by atoms with Gasteiger partial charge in [-0.1, -0.05) is 0 Å². The number of nitrogens with one attached hydrogen (secondary N) is 6. The molecule has 22 N–H and O–H groups in total. The molecule has 0 aliphatic carbocycles. The average Bonchev–Trinajstić information content (AvgIpc) is 3.54. The van der Waals surface area contributed by atoms with Crippen molar-refractivity contribution in [1.82, 2.24) is 41.7 Å². The van der Waals surface area contributed by atoms with Crippen molar-refractivity contribution in [3.05, 3.63) is 0 Å². The monoisotopic (exact) mass is 1230 g/mol. The lowest BCUT2D eigenvalue weighted by Crippen LogP contribution is -2.44. The van der Waals surface area contributed by atoms with Crippen LogP contribution in [0, 0.1) is 0 Å². The first-order chi connectivity index (χ1) is 41.3. The van der Waals surface area contributed by atoms with Crippen LogP contribution in [0.1, 0.15) is 167 Å². The number of amides is 6. The van der Waals surface area contributed by atoms with Crippen LogP contribution in [-0.2, 0) is 57.4 Å². The molecular formula is C58H114N16O12. The van der Waals surface area contributed by atoms with Gasteiger partial charge in [0.05, 0.1) is 50.1 Å². The zero-order chi connectivity index (χ0) is 64.2. The molecule has 5 atom stereocenters. The van der Waals surface area contributed by atoms with E-state index in [1.165, 1.54) is 0 Å². The molecule has 0 fully saturated rings. The zero-order valence-corrected chi connectivity index (χ0v) is 52.0. The fourth-order valence-corrected chi connectivity index (χ4v) is 8.88. The van der Waals surface area contributed by atoms with Gasteiger partial charge in [0.25, 0.3) is 0 Å². The molecule has 0 aromatic carbocycles. The van der Waals surface area contributed by atoms with E-state index in [-0.39, 0.29) is 118 Å². The second-order valence-corrected chi connectivity index (χ2v) is 21.9.